The Morgan fingerprint density at radius 1 is 0.435 bits per heavy atom. The molecule has 1 heterocycles. The number of fused-ring (bicyclic) bond motifs is 3. The first kappa shape index (κ1) is 27.9. The fraction of sp³-hybridized carbons (Fsp3) is 0.0909. The van der Waals surface area contributed by atoms with Gasteiger partial charge in [0.25, 0.3) is 0 Å². The average molecular weight is 591 g/mol. The zero-order valence-electron chi connectivity index (χ0n) is 26.1. The Bertz CT molecular complexity index is 2170. The summed E-state index contributed by atoms with van der Waals surface area (Å²) in [5.74, 6) is 0.730. The Kier molecular flexibility index (Phi) is 6.92. The minimum atomic E-state index is -0.0723. The van der Waals surface area contributed by atoms with E-state index < -0.39 is 0 Å². The second-order valence-electron chi connectivity index (χ2n) is 12.6. The molecular weight excluding hydrogens is 556 g/mol. The lowest BCUT2D eigenvalue weighted by molar-refractivity contribution is 0.660. The minimum Gasteiger partial charge on any atom is -0.232 e. The summed E-state index contributed by atoms with van der Waals surface area (Å²) in [5, 5.41) is 0. The van der Waals surface area contributed by atoms with Gasteiger partial charge in [0, 0.05) is 17.4 Å². The molecular formula is C44H34N2. The van der Waals surface area contributed by atoms with Crippen molar-refractivity contribution in [3.05, 3.63) is 186 Å². The maximum absolute atomic E-state index is 5.33. The van der Waals surface area contributed by atoms with Gasteiger partial charge in [0.2, 0.25) is 0 Å². The second kappa shape index (κ2) is 11.4. The second-order valence-corrected chi connectivity index (χ2v) is 12.6. The molecule has 2 aliphatic rings. The van der Waals surface area contributed by atoms with Crippen molar-refractivity contribution in [2.24, 2.45) is 9.98 Å². The van der Waals surface area contributed by atoms with Gasteiger partial charge in [-0.1, -0.05) is 166 Å². The largest absolute Gasteiger partial charge is 0.232 e. The van der Waals surface area contributed by atoms with Crippen LogP contribution in [0, 0.1) is 0 Å². The molecule has 220 valence electrons. The lowest BCUT2D eigenvalue weighted by atomic mass is 9.81. The number of amidine groups is 1. The Labute approximate surface area is 271 Å². The van der Waals surface area contributed by atoms with Crippen LogP contribution in [-0.4, -0.2) is 11.5 Å². The summed E-state index contributed by atoms with van der Waals surface area (Å²) in [4.78, 5) is 10.6. The molecule has 1 aliphatic heterocycles. The van der Waals surface area contributed by atoms with E-state index in [0.717, 1.165) is 39.5 Å². The minimum absolute atomic E-state index is 0.0723. The van der Waals surface area contributed by atoms with Crippen LogP contribution >= 0.6 is 0 Å². The van der Waals surface area contributed by atoms with Gasteiger partial charge in [-0.15, -0.1) is 0 Å². The van der Waals surface area contributed by atoms with Gasteiger partial charge in [-0.2, -0.15) is 0 Å². The standard InChI is InChI=1S/C44H34N2/c1-44(2)39-20-12-11-18-36(39)37-26-25-34(29-40(37)44)35-17-9-10-19-38(35)43-45-41(32-15-7-4-8-16-32)27-28-42(46-43)33-23-21-31(22-24-33)30-13-5-3-6-14-30/h3-27,29H,28H2,1-2H3. The Morgan fingerprint density at radius 3 is 1.72 bits per heavy atom. The number of allylic oxidation sites excluding steroid dienone is 1. The topological polar surface area (TPSA) is 24.7 Å². The number of hydrogen-bond acceptors (Lipinski definition) is 2. The summed E-state index contributed by atoms with van der Waals surface area (Å²) in [6.45, 7) is 4.67. The number of benzene rings is 6. The lowest BCUT2D eigenvalue weighted by Gasteiger charge is -2.22. The first-order valence-corrected chi connectivity index (χ1v) is 16.0. The molecule has 0 saturated heterocycles. The third kappa shape index (κ3) is 4.93. The van der Waals surface area contributed by atoms with Crippen LogP contribution in [0.25, 0.3) is 39.1 Å². The van der Waals surface area contributed by atoms with Crippen molar-refractivity contribution >= 4 is 17.2 Å². The molecule has 0 unspecified atom stereocenters. The van der Waals surface area contributed by atoms with Gasteiger partial charge in [0.1, 0.15) is 0 Å². The molecule has 8 rings (SSSR count). The van der Waals surface area contributed by atoms with Crippen LogP contribution in [0.15, 0.2) is 168 Å². The molecule has 46 heavy (non-hydrogen) atoms. The van der Waals surface area contributed by atoms with Gasteiger partial charge in [-0.25, -0.2) is 9.98 Å². The van der Waals surface area contributed by atoms with Crippen LogP contribution in [0.5, 0.6) is 0 Å². The first-order chi connectivity index (χ1) is 22.6. The summed E-state index contributed by atoms with van der Waals surface area (Å²) in [6, 6.07) is 54.0. The van der Waals surface area contributed by atoms with Crippen LogP contribution in [-0.2, 0) is 5.41 Å². The lowest BCUT2D eigenvalue weighted by Crippen LogP contribution is -2.15. The van der Waals surface area contributed by atoms with E-state index in [-0.39, 0.29) is 5.41 Å². The van der Waals surface area contributed by atoms with Gasteiger partial charge in [0.15, 0.2) is 5.84 Å². The molecule has 0 radical (unpaired) electrons. The van der Waals surface area contributed by atoms with Gasteiger partial charge >= 0.3 is 0 Å². The summed E-state index contributed by atoms with van der Waals surface area (Å²) in [7, 11) is 0. The van der Waals surface area contributed by atoms with Crippen molar-refractivity contribution in [3.63, 3.8) is 0 Å². The highest BCUT2D eigenvalue weighted by Gasteiger charge is 2.35. The quantitative estimate of drug-likeness (QED) is 0.191. The van der Waals surface area contributed by atoms with E-state index in [0.29, 0.717) is 6.42 Å². The maximum atomic E-state index is 5.33. The van der Waals surface area contributed by atoms with E-state index in [1.807, 2.05) is 6.07 Å². The van der Waals surface area contributed by atoms with E-state index in [1.165, 1.54) is 38.9 Å². The van der Waals surface area contributed by atoms with E-state index in [9.17, 15) is 0 Å². The van der Waals surface area contributed by atoms with E-state index in [4.69, 9.17) is 9.98 Å². The predicted molar refractivity (Wildman–Crippen MR) is 193 cm³/mol. The third-order valence-corrected chi connectivity index (χ3v) is 9.41. The number of aliphatic imine (C=N–C) groups is 2. The molecule has 0 amide bonds. The van der Waals surface area contributed by atoms with Crippen molar-refractivity contribution in [1.29, 1.82) is 0 Å². The smallest absolute Gasteiger partial charge is 0.160 e. The number of nitrogens with zero attached hydrogens (tertiary/aromatic N) is 2. The van der Waals surface area contributed by atoms with Crippen LogP contribution in [0.4, 0.5) is 0 Å². The van der Waals surface area contributed by atoms with Crippen molar-refractivity contribution < 1.29 is 0 Å². The van der Waals surface area contributed by atoms with Crippen LogP contribution in [0.1, 0.15) is 48.1 Å². The van der Waals surface area contributed by atoms with E-state index in [1.54, 1.807) is 0 Å². The molecule has 0 aromatic heterocycles. The summed E-state index contributed by atoms with van der Waals surface area (Å²) in [5.41, 5.74) is 15.2. The molecule has 0 N–H and O–H groups in total. The molecule has 6 aromatic rings. The molecule has 6 aromatic carbocycles. The maximum Gasteiger partial charge on any atom is 0.160 e. The molecule has 2 nitrogen and oxygen atoms in total. The van der Waals surface area contributed by atoms with Crippen molar-refractivity contribution in [2.45, 2.75) is 25.7 Å². The Balaban J connectivity index is 1.24. The fourth-order valence-electron chi connectivity index (χ4n) is 6.93. The molecule has 2 heteroatoms. The van der Waals surface area contributed by atoms with Crippen molar-refractivity contribution in [1.82, 2.24) is 0 Å². The molecule has 1 aliphatic carbocycles. The van der Waals surface area contributed by atoms with Crippen LogP contribution < -0.4 is 0 Å². The normalized spacial score (nSPS) is 14.8. The van der Waals surface area contributed by atoms with Gasteiger partial charge in [-0.05, 0) is 61.7 Å². The van der Waals surface area contributed by atoms with Gasteiger partial charge in [0.05, 0.1) is 11.4 Å². The first-order valence-electron chi connectivity index (χ1n) is 16.0. The van der Waals surface area contributed by atoms with Gasteiger partial charge in [-0.3, -0.25) is 0 Å². The van der Waals surface area contributed by atoms with Crippen LogP contribution in [0.3, 0.4) is 0 Å². The molecule has 0 atom stereocenters. The van der Waals surface area contributed by atoms with Crippen LogP contribution in [0.2, 0.25) is 0 Å². The molecule has 0 spiro atoms. The molecule has 0 saturated carbocycles. The highest BCUT2D eigenvalue weighted by atomic mass is 14.9. The Morgan fingerprint density at radius 2 is 0.978 bits per heavy atom. The predicted octanol–water partition coefficient (Wildman–Crippen LogP) is 11.0. The molecule has 0 fully saturated rings. The third-order valence-electron chi connectivity index (χ3n) is 9.41. The molecule has 0 bridgehead atoms. The zero-order chi connectivity index (χ0) is 31.1. The van der Waals surface area contributed by atoms with Crippen molar-refractivity contribution in [3.8, 4) is 33.4 Å². The fourth-order valence-corrected chi connectivity index (χ4v) is 6.93. The number of hydrogen-bond donors (Lipinski definition) is 0. The van der Waals surface area contributed by atoms with E-state index >= 15 is 0 Å². The SMILES string of the molecule is CC1(C)c2ccccc2-c2ccc(-c3ccccc3C3=NC(c4ccccc4)=CCC(c4ccc(-c5ccccc5)cc4)=N3)cc21. The highest BCUT2D eigenvalue weighted by molar-refractivity contribution is 6.17. The summed E-state index contributed by atoms with van der Waals surface area (Å²) in [6.07, 6.45) is 2.90. The summed E-state index contributed by atoms with van der Waals surface area (Å²) >= 11 is 0. The number of rotatable bonds is 5. The van der Waals surface area contributed by atoms with Crippen molar-refractivity contribution in [2.75, 3.05) is 0 Å². The van der Waals surface area contributed by atoms with E-state index in [2.05, 4.69) is 166 Å². The zero-order valence-corrected chi connectivity index (χ0v) is 26.1. The Hall–Kier alpha value is -5.60. The average Bonchev–Trinajstić information content (AvgIpc) is 3.23. The van der Waals surface area contributed by atoms with Gasteiger partial charge < -0.3 is 0 Å². The monoisotopic (exact) mass is 590 g/mol. The highest BCUT2D eigenvalue weighted by Crippen LogP contribution is 2.49. The summed E-state index contributed by atoms with van der Waals surface area (Å²) < 4.78 is 0.